The quantitative estimate of drug-likeness (QED) is 0.693. The van der Waals surface area contributed by atoms with Gasteiger partial charge in [0.15, 0.2) is 0 Å². The van der Waals surface area contributed by atoms with Crippen LogP contribution in [-0.4, -0.2) is 32.6 Å². The summed E-state index contributed by atoms with van der Waals surface area (Å²) < 4.78 is 50.9. The van der Waals surface area contributed by atoms with Crippen LogP contribution >= 0.6 is 15.9 Å². The van der Waals surface area contributed by atoms with Crippen LogP contribution in [0.2, 0.25) is 0 Å². The Bertz CT molecular complexity index is 537. The lowest BCUT2D eigenvalue weighted by Gasteiger charge is -2.14. The van der Waals surface area contributed by atoms with E-state index in [0.717, 1.165) is 0 Å². The predicted molar refractivity (Wildman–Crippen MR) is 65.8 cm³/mol. The second-order valence-electron chi connectivity index (χ2n) is 3.52. The second-order valence-corrected chi connectivity index (χ2v) is 6.14. The highest BCUT2D eigenvalue weighted by molar-refractivity contribution is 9.10. The molecule has 0 atom stereocenters. The first-order valence-corrected chi connectivity index (χ1v) is 6.99. The summed E-state index contributed by atoms with van der Waals surface area (Å²) in [4.78, 5) is -0.197. The van der Waals surface area contributed by atoms with E-state index in [0.29, 0.717) is 10.2 Å². The van der Waals surface area contributed by atoms with Crippen LogP contribution in [0.3, 0.4) is 0 Å². The predicted octanol–water partition coefficient (Wildman–Crippen LogP) is 0.937. The number of nitrogens with two attached hydrogens (primary N) is 1. The Labute approximate surface area is 111 Å². The van der Waals surface area contributed by atoms with Crippen molar-refractivity contribution in [3.63, 3.8) is 0 Å². The van der Waals surface area contributed by atoms with E-state index >= 15 is 0 Å². The SMILES string of the molecule is Nc1ccc(S(=O)(=O)NCC(F)(F)CO)cc1Br. The number of aliphatic hydroxyl groups is 1. The second kappa shape index (κ2) is 5.47. The number of anilines is 1. The summed E-state index contributed by atoms with van der Waals surface area (Å²) in [5, 5.41) is 8.33. The topological polar surface area (TPSA) is 92.4 Å². The number of nitrogen functional groups attached to an aromatic ring is 1. The molecular weight excluding hydrogens is 334 g/mol. The third-order valence-electron chi connectivity index (χ3n) is 2.03. The summed E-state index contributed by atoms with van der Waals surface area (Å²) in [6.07, 6.45) is 0. The summed E-state index contributed by atoms with van der Waals surface area (Å²) in [6, 6.07) is 3.73. The Balaban J connectivity index is 2.90. The lowest BCUT2D eigenvalue weighted by atomic mass is 10.3. The highest BCUT2D eigenvalue weighted by atomic mass is 79.9. The highest BCUT2D eigenvalue weighted by Crippen LogP contribution is 2.23. The lowest BCUT2D eigenvalue weighted by Crippen LogP contribution is -2.38. The molecule has 0 aliphatic heterocycles. The maximum atomic E-state index is 12.7. The first-order valence-electron chi connectivity index (χ1n) is 4.71. The minimum Gasteiger partial charge on any atom is -0.398 e. The largest absolute Gasteiger partial charge is 0.398 e. The Hall–Kier alpha value is -0.770. The Morgan fingerprint density at radius 1 is 1.44 bits per heavy atom. The van der Waals surface area contributed by atoms with Crippen LogP contribution < -0.4 is 10.5 Å². The van der Waals surface area contributed by atoms with E-state index in [4.69, 9.17) is 10.8 Å². The van der Waals surface area contributed by atoms with E-state index < -0.39 is 29.1 Å². The molecule has 1 aromatic rings. The van der Waals surface area contributed by atoms with Crippen molar-refractivity contribution in [2.75, 3.05) is 18.9 Å². The molecule has 4 N–H and O–H groups in total. The zero-order valence-corrected chi connectivity index (χ0v) is 11.4. The van der Waals surface area contributed by atoms with Crippen molar-refractivity contribution in [2.24, 2.45) is 0 Å². The average Bonchev–Trinajstić information content (AvgIpc) is 2.30. The fourth-order valence-corrected chi connectivity index (χ4v) is 2.63. The number of hydrogen-bond acceptors (Lipinski definition) is 4. The van der Waals surface area contributed by atoms with E-state index in [1.807, 2.05) is 0 Å². The van der Waals surface area contributed by atoms with E-state index in [9.17, 15) is 17.2 Å². The monoisotopic (exact) mass is 344 g/mol. The van der Waals surface area contributed by atoms with Crippen LogP contribution in [0.25, 0.3) is 0 Å². The number of nitrogens with one attached hydrogen (secondary N) is 1. The standard InChI is InChI=1S/C9H11BrF2N2O3S/c10-7-3-6(1-2-8(7)13)18(16,17)14-4-9(11,12)5-15/h1-3,14-15H,4-5,13H2. The first-order chi connectivity index (χ1) is 8.18. The van der Waals surface area contributed by atoms with Gasteiger partial charge in [-0.1, -0.05) is 0 Å². The summed E-state index contributed by atoms with van der Waals surface area (Å²) in [5.74, 6) is -3.50. The van der Waals surface area contributed by atoms with Gasteiger partial charge in [-0.25, -0.2) is 21.9 Å². The van der Waals surface area contributed by atoms with Crippen molar-refractivity contribution in [3.8, 4) is 0 Å². The molecule has 0 fully saturated rings. The molecule has 0 saturated carbocycles. The normalized spacial score (nSPS) is 12.7. The van der Waals surface area contributed by atoms with Crippen molar-refractivity contribution in [3.05, 3.63) is 22.7 Å². The summed E-state index contributed by atoms with van der Waals surface area (Å²) in [7, 11) is -4.07. The molecule has 0 amide bonds. The number of halogens is 3. The summed E-state index contributed by atoms with van der Waals surface area (Å²) in [5.41, 5.74) is 5.81. The van der Waals surface area contributed by atoms with Crippen LogP contribution in [-0.2, 0) is 10.0 Å². The molecule has 18 heavy (non-hydrogen) atoms. The third-order valence-corrected chi connectivity index (χ3v) is 4.12. The van der Waals surface area contributed by atoms with Gasteiger partial charge in [0.25, 0.3) is 5.92 Å². The van der Waals surface area contributed by atoms with Gasteiger partial charge < -0.3 is 10.8 Å². The molecule has 0 spiro atoms. The van der Waals surface area contributed by atoms with E-state index in [1.165, 1.54) is 18.2 Å². The molecule has 9 heteroatoms. The number of benzene rings is 1. The molecule has 102 valence electrons. The fourth-order valence-electron chi connectivity index (χ4n) is 1.01. The molecule has 0 bridgehead atoms. The molecule has 5 nitrogen and oxygen atoms in total. The third kappa shape index (κ3) is 3.87. The van der Waals surface area contributed by atoms with Crippen molar-refractivity contribution in [1.82, 2.24) is 4.72 Å². The number of rotatable bonds is 5. The van der Waals surface area contributed by atoms with E-state index in [-0.39, 0.29) is 4.90 Å². The van der Waals surface area contributed by atoms with Crippen molar-refractivity contribution < 1.29 is 22.3 Å². The molecular formula is C9H11BrF2N2O3S. The van der Waals surface area contributed by atoms with Crippen LogP contribution in [0.4, 0.5) is 14.5 Å². The van der Waals surface area contributed by atoms with Gasteiger partial charge >= 0.3 is 0 Å². The highest BCUT2D eigenvalue weighted by Gasteiger charge is 2.30. The lowest BCUT2D eigenvalue weighted by molar-refractivity contribution is -0.0437. The zero-order chi connectivity index (χ0) is 14.0. The summed E-state index contributed by atoms with van der Waals surface area (Å²) >= 11 is 3.04. The smallest absolute Gasteiger partial charge is 0.283 e. The van der Waals surface area contributed by atoms with Crippen LogP contribution in [0, 0.1) is 0 Å². The van der Waals surface area contributed by atoms with Gasteiger partial charge in [0.1, 0.15) is 6.61 Å². The van der Waals surface area contributed by atoms with Gasteiger partial charge in [-0.3, -0.25) is 0 Å². The Morgan fingerprint density at radius 3 is 2.56 bits per heavy atom. The van der Waals surface area contributed by atoms with Gasteiger partial charge in [-0.2, -0.15) is 0 Å². The number of sulfonamides is 1. The molecule has 0 aliphatic carbocycles. The molecule has 0 radical (unpaired) electrons. The molecule has 0 unspecified atom stereocenters. The van der Waals surface area contributed by atoms with E-state index in [1.54, 1.807) is 4.72 Å². The van der Waals surface area contributed by atoms with E-state index in [2.05, 4.69) is 15.9 Å². The minimum absolute atomic E-state index is 0.197. The fraction of sp³-hybridized carbons (Fsp3) is 0.333. The van der Waals surface area contributed by atoms with Gasteiger partial charge in [0.05, 0.1) is 11.4 Å². The Morgan fingerprint density at radius 2 is 2.06 bits per heavy atom. The molecule has 0 aromatic heterocycles. The Kier molecular flexibility index (Phi) is 4.65. The molecule has 0 heterocycles. The minimum atomic E-state index is -4.07. The average molecular weight is 345 g/mol. The van der Waals surface area contributed by atoms with Gasteiger partial charge in [0, 0.05) is 10.2 Å². The number of alkyl halides is 2. The maximum Gasteiger partial charge on any atom is 0.283 e. The molecule has 1 rings (SSSR count). The van der Waals surface area contributed by atoms with Crippen LogP contribution in [0.15, 0.2) is 27.6 Å². The van der Waals surface area contributed by atoms with Crippen LogP contribution in [0.5, 0.6) is 0 Å². The van der Waals surface area contributed by atoms with Gasteiger partial charge in [0.2, 0.25) is 10.0 Å². The maximum absolute atomic E-state index is 12.7. The van der Waals surface area contributed by atoms with Gasteiger partial charge in [-0.15, -0.1) is 0 Å². The molecule has 0 aliphatic rings. The first kappa shape index (κ1) is 15.3. The number of aliphatic hydroxyl groups excluding tert-OH is 1. The van der Waals surface area contributed by atoms with Crippen molar-refractivity contribution >= 4 is 31.6 Å². The molecule has 1 aromatic carbocycles. The summed E-state index contributed by atoms with van der Waals surface area (Å²) in [6.45, 7) is -2.60. The van der Waals surface area contributed by atoms with Crippen molar-refractivity contribution in [1.29, 1.82) is 0 Å². The van der Waals surface area contributed by atoms with Crippen LogP contribution in [0.1, 0.15) is 0 Å². The zero-order valence-electron chi connectivity index (χ0n) is 9.03. The number of hydrogen-bond donors (Lipinski definition) is 3. The van der Waals surface area contributed by atoms with Crippen molar-refractivity contribution in [2.45, 2.75) is 10.8 Å². The van der Waals surface area contributed by atoms with Gasteiger partial charge in [-0.05, 0) is 34.1 Å². The molecule has 0 saturated heterocycles.